The van der Waals surface area contributed by atoms with Crippen molar-refractivity contribution < 1.29 is 8.42 Å². The molecule has 15 heavy (non-hydrogen) atoms. The molecular weight excluding hydrogens is 218 g/mol. The topological polar surface area (TPSA) is 109 Å². The number of aliphatic imine (C=N–C) groups is 1. The van der Waals surface area contributed by atoms with Crippen LogP contribution in [0.3, 0.4) is 0 Å². The van der Waals surface area contributed by atoms with E-state index in [-0.39, 0.29) is 18.3 Å². The maximum Gasteiger partial charge on any atom is 0.213 e. The van der Waals surface area contributed by atoms with E-state index in [9.17, 15) is 8.42 Å². The zero-order chi connectivity index (χ0) is 11.9. The van der Waals surface area contributed by atoms with E-state index in [1.807, 2.05) is 13.8 Å². The van der Waals surface area contributed by atoms with Crippen LogP contribution in [0.1, 0.15) is 13.8 Å². The number of nitrogens with one attached hydrogen (secondary N) is 3. The van der Waals surface area contributed by atoms with E-state index in [4.69, 9.17) is 5.84 Å². The summed E-state index contributed by atoms with van der Waals surface area (Å²) in [6.07, 6.45) is 0. The standard InChI is InChI=1S/C7H19N5O2S/c1-6(2)11-7(12-8)10-4-5-15(13,14)9-3/h6,9H,4-5,8H2,1-3H3,(H2,10,11,12). The van der Waals surface area contributed by atoms with Crippen molar-refractivity contribution in [2.24, 2.45) is 10.8 Å². The Kier molecular flexibility index (Phi) is 6.21. The minimum Gasteiger partial charge on any atom is -0.353 e. The van der Waals surface area contributed by atoms with E-state index in [0.717, 1.165) is 0 Å². The Labute approximate surface area is 90.5 Å². The Balaban J connectivity index is 4.13. The Morgan fingerprint density at radius 1 is 1.47 bits per heavy atom. The quantitative estimate of drug-likeness (QED) is 0.198. The van der Waals surface area contributed by atoms with Crippen LogP contribution < -0.4 is 21.3 Å². The van der Waals surface area contributed by atoms with E-state index in [0.29, 0.717) is 5.96 Å². The van der Waals surface area contributed by atoms with Crippen molar-refractivity contribution >= 4 is 16.0 Å². The number of sulfonamides is 1. The van der Waals surface area contributed by atoms with Gasteiger partial charge in [-0.2, -0.15) is 0 Å². The maximum absolute atomic E-state index is 11.0. The lowest BCUT2D eigenvalue weighted by molar-refractivity contribution is 0.588. The highest BCUT2D eigenvalue weighted by molar-refractivity contribution is 7.89. The molecule has 8 heteroatoms. The van der Waals surface area contributed by atoms with Crippen LogP contribution in [0.5, 0.6) is 0 Å². The molecule has 0 spiro atoms. The molecule has 0 aromatic rings. The molecule has 0 saturated heterocycles. The smallest absolute Gasteiger partial charge is 0.213 e. The van der Waals surface area contributed by atoms with Gasteiger partial charge < -0.3 is 5.32 Å². The third-order valence-electron chi connectivity index (χ3n) is 1.50. The predicted octanol–water partition coefficient (Wildman–Crippen LogP) is -1.65. The molecule has 0 saturated carbocycles. The van der Waals surface area contributed by atoms with Gasteiger partial charge in [0.1, 0.15) is 0 Å². The number of hydrogen-bond acceptors (Lipinski definition) is 4. The van der Waals surface area contributed by atoms with Crippen LogP contribution in [0.25, 0.3) is 0 Å². The highest BCUT2D eigenvalue weighted by Gasteiger charge is 2.05. The van der Waals surface area contributed by atoms with Crippen molar-refractivity contribution in [1.29, 1.82) is 0 Å². The zero-order valence-corrected chi connectivity index (χ0v) is 10.1. The molecule has 0 aromatic heterocycles. The Morgan fingerprint density at radius 3 is 2.47 bits per heavy atom. The van der Waals surface area contributed by atoms with E-state index in [1.165, 1.54) is 7.05 Å². The summed E-state index contributed by atoms with van der Waals surface area (Å²) in [7, 11) is -1.84. The monoisotopic (exact) mass is 237 g/mol. The van der Waals surface area contributed by atoms with Gasteiger partial charge in [-0.1, -0.05) is 0 Å². The molecular formula is C7H19N5O2S. The van der Waals surface area contributed by atoms with Crippen LogP contribution in [0.4, 0.5) is 0 Å². The van der Waals surface area contributed by atoms with Crippen LogP contribution in [-0.4, -0.2) is 39.8 Å². The molecule has 0 rings (SSSR count). The summed E-state index contributed by atoms with van der Waals surface area (Å²) in [4.78, 5) is 3.97. The van der Waals surface area contributed by atoms with Crippen LogP contribution in [0.2, 0.25) is 0 Å². The van der Waals surface area contributed by atoms with Gasteiger partial charge >= 0.3 is 0 Å². The molecule has 0 heterocycles. The average Bonchev–Trinajstić information content (AvgIpc) is 2.15. The normalized spacial score (nSPS) is 13.0. The molecule has 0 bridgehead atoms. The number of nitrogens with zero attached hydrogens (tertiary/aromatic N) is 1. The maximum atomic E-state index is 11.0. The molecule has 0 radical (unpaired) electrons. The highest BCUT2D eigenvalue weighted by atomic mass is 32.2. The molecule has 5 N–H and O–H groups in total. The van der Waals surface area contributed by atoms with Crippen molar-refractivity contribution in [3.63, 3.8) is 0 Å². The summed E-state index contributed by atoms with van der Waals surface area (Å²) in [6.45, 7) is 4.01. The number of hydrazine groups is 1. The van der Waals surface area contributed by atoms with Crippen molar-refractivity contribution in [3.8, 4) is 0 Å². The second kappa shape index (κ2) is 6.59. The van der Waals surface area contributed by atoms with Crippen molar-refractivity contribution in [3.05, 3.63) is 0 Å². The summed E-state index contributed by atoms with van der Waals surface area (Å²) in [6, 6.07) is 0.181. The van der Waals surface area contributed by atoms with Crippen molar-refractivity contribution in [1.82, 2.24) is 15.5 Å². The van der Waals surface area contributed by atoms with Crippen LogP contribution in [-0.2, 0) is 10.0 Å². The first-order valence-electron chi connectivity index (χ1n) is 4.60. The molecule has 0 aromatic carbocycles. The van der Waals surface area contributed by atoms with Gasteiger partial charge in [-0.25, -0.2) is 19.0 Å². The van der Waals surface area contributed by atoms with Crippen molar-refractivity contribution in [2.45, 2.75) is 19.9 Å². The van der Waals surface area contributed by atoms with Crippen LogP contribution in [0.15, 0.2) is 4.99 Å². The second-order valence-electron chi connectivity index (χ2n) is 3.20. The van der Waals surface area contributed by atoms with Crippen molar-refractivity contribution in [2.75, 3.05) is 19.3 Å². The fourth-order valence-electron chi connectivity index (χ4n) is 0.786. The Bertz CT molecular complexity index is 299. The Morgan fingerprint density at radius 2 is 2.07 bits per heavy atom. The molecule has 0 aliphatic rings. The van der Waals surface area contributed by atoms with Gasteiger partial charge in [0.25, 0.3) is 0 Å². The lowest BCUT2D eigenvalue weighted by Gasteiger charge is -2.11. The summed E-state index contributed by atoms with van der Waals surface area (Å²) in [5, 5.41) is 2.93. The van der Waals surface area contributed by atoms with Gasteiger partial charge in [-0.05, 0) is 20.9 Å². The molecule has 0 aliphatic carbocycles. The van der Waals surface area contributed by atoms with Gasteiger partial charge in [0.2, 0.25) is 16.0 Å². The Hall–Kier alpha value is -0.860. The van der Waals surface area contributed by atoms with E-state index in [2.05, 4.69) is 20.5 Å². The highest BCUT2D eigenvalue weighted by Crippen LogP contribution is 1.84. The fourth-order valence-corrected chi connectivity index (χ4v) is 1.32. The predicted molar refractivity (Wildman–Crippen MR) is 60.7 cm³/mol. The summed E-state index contributed by atoms with van der Waals surface area (Å²) < 4.78 is 24.3. The zero-order valence-electron chi connectivity index (χ0n) is 9.24. The van der Waals surface area contributed by atoms with Gasteiger partial charge in [0.05, 0.1) is 12.3 Å². The van der Waals surface area contributed by atoms with Gasteiger partial charge in [0, 0.05) is 6.04 Å². The first-order chi connectivity index (χ1) is 6.91. The largest absolute Gasteiger partial charge is 0.353 e. The minimum atomic E-state index is -3.21. The van der Waals surface area contributed by atoms with E-state index in [1.54, 1.807) is 0 Å². The SMILES string of the molecule is CNS(=O)(=O)CCN=C(NN)NC(C)C. The van der Waals surface area contributed by atoms with Gasteiger partial charge in [0.15, 0.2) is 0 Å². The van der Waals surface area contributed by atoms with E-state index < -0.39 is 10.0 Å². The van der Waals surface area contributed by atoms with Gasteiger partial charge in [-0.15, -0.1) is 0 Å². The average molecular weight is 237 g/mol. The molecule has 0 fully saturated rings. The first-order valence-corrected chi connectivity index (χ1v) is 6.25. The molecule has 90 valence electrons. The summed E-state index contributed by atoms with van der Waals surface area (Å²) >= 11 is 0. The number of hydrogen-bond donors (Lipinski definition) is 4. The van der Waals surface area contributed by atoms with Crippen LogP contribution >= 0.6 is 0 Å². The van der Waals surface area contributed by atoms with Crippen LogP contribution in [0, 0.1) is 0 Å². The fraction of sp³-hybridized carbons (Fsp3) is 0.857. The molecule has 0 unspecified atom stereocenters. The minimum absolute atomic E-state index is 0.0611. The number of guanidine groups is 1. The third-order valence-corrected chi connectivity index (χ3v) is 2.85. The molecule has 0 atom stereocenters. The summed E-state index contributed by atoms with van der Waals surface area (Å²) in [5.41, 5.74) is 2.36. The lowest BCUT2D eigenvalue weighted by Crippen LogP contribution is -2.44. The van der Waals surface area contributed by atoms with Gasteiger partial charge in [-0.3, -0.25) is 10.4 Å². The molecule has 0 aliphatic heterocycles. The summed E-state index contributed by atoms with van der Waals surface area (Å²) in [5.74, 6) is 5.52. The number of nitrogens with two attached hydrogens (primary N) is 1. The third kappa shape index (κ3) is 7.11. The second-order valence-corrected chi connectivity index (χ2v) is 5.24. The molecule has 0 amide bonds. The molecule has 7 nitrogen and oxygen atoms in total. The first kappa shape index (κ1) is 14.1. The number of rotatable bonds is 5. The van der Waals surface area contributed by atoms with E-state index >= 15 is 0 Å². The lowest BCUT2D eigenvalue weighted by atomic mass is 10.4.